The van der Waals surface area contributed by atoms with Gasteiger partial charge in [0.05, 0.1) is 44.1 Å². The standard InChI is InChI=1S/C24H30N4O3/c1-15-7-16(2)10-23(9-15)11-18-4-3-17(12-25)8-20(18)24(23)21(29)28(22(26)27-24)13-19-14-30-5-6-31-19/h3-4,8,15-16,19H,5-7,9-11,13-14H2,1-2H3,(H2,26,27). The largest absolute Gasteiger partial charge is 0.376 e. The van der Waals surface area contributed by atoms with Crippen molar-refractivity contribution in [2.75, 3.05) is 26.4 Å². The van der Waals surface area contributed by atoms with Crippen molar-refractivity contribution < 1.29 is 14.3 Å². The monoisotopic (exact) mass is 422 g/mol. The van der Waals surface area contributed by atoms with Gasteiger partial charge in [0, 0.05) is 5.41 Å². The summed E-state index contributed by atoms with van der Waals surface area (Å²) in [4.78, 5) is 20.8. The maximum atomic E-state index is 14.2. The lowest BCUT2D eigenvalue weighted by molar-refractivity contribution is -0.142. The number of carbonyl (C=O) groups excluding carboxylic acids is 1. The molecule has 1 amide bonds. The molecule has 31 heavy (non-hydrogen) atoms. The minimum atomic E-state index is -1.06. The quantitative estimate of drug-likeness (QED) is 0.788. The van der Waals surface area contributed by atoms with Gasteiger partial charge in [-0.15, -0.1) is 0 Å². The van der Waals surface area contributed by atoms with Crippen LogP contribution >= 0.6 is 0 Å². The van der Waals surface area contributed by atoms with Crippen LogP contribution in [0.4, 0.5) is 0 Å². The second-order valence-corrected chi connectivity index (χ2v) is 9.96. The van der Waals surface area contributed by atoms with Crippen LogP contribution in [-0.4, -0.2) is 49.2 Å². The van der Waals surface area contributed by atoms with Gasteiger partial charge in [-0.2, -0.15) is 5.26 Å². The van der Waals surface area contributed by atoms with Crippen molar-refractivity contribution >= 4 is 11.9 Å². The summed E-state index contributed by atoms with van der Waals surface area (Å²) < 4.78 is 11.3. The van der Waals surface area contributed by atoms with E-state index in [9.17, 15) is 10.1 Å². The van der Waals surface area contributed by atoms with E-state index in [1.54, 1.807) is 4.90 Å². The van der Waals surface area contributed by atoms with Crippen LogP contribution in [0.5, 0.6) is 0 Å². The number of ether oxygens (including phenoxy) is 2. The molecule has 2 heterocycles. The molecule has 0 aromatic heterocycles. The number of hydrogen-bond acceptors (Lipinski definition) is 6. The fraction of sp³-hybridized carbons (Fsp3) is 0.625. The van der Waals surface area contributed by atoms with Crippen molar-refractivity contribution in [3.63, 3.8) is 0 Å². The third-order valence-corrected chi connectivity index (χ3v) is 7.59. The number of carbonyl (C=O) groups is 1. The van der Waals surface area contributed by atoms with Gasteiger partial charge in [-0.1, -0.05) is 19.9 Å². The molecule has 0 radical (unpaired) electrons. The van der Waals surface area contributed by atoms with Crippen LogP contribution in [0.3, 0.4) is 0 Å². The van der Waals surface area contributed by atoms with Crippen LogP contribution < -0.4 is 5.73 Å². The highest BCUT2D eigenvalue weighted by Gasteiger charge is 2.67. The number of fused-ring (bicyclic) bond motifs is 3. The van der Waals surface area contributed by atoms with Crippen LogP contribution in [0.15, 0.2) is 23.2 Å². The molecule has 2 aliphatic carbocycles. The van der Waals surface area contributed by atoms with E-state index in [1.807, 2.05) is 18.2 Å². The van der Waals surface area contributed by atoms with Crippen LogP contribution in [0, 0.1) is 28.6 Å². The number of nitriles is 1. The summed E-state index contributed by atoms with van der Waals surface area (Å²) in [5, 5.41) is 9.54. The second kappa shape index (κ2) is 7.32. The Balaban J connectivity index is 1.61. The molecule has 1 saturated carbocycles. The molecule has 164 valence electrons. The zero-order valence-electron chi connectivity index (χ0n) is 18.3. The third-order valence-electron chi connectivity index (χ3n) is 7.59. The van der Waals surface area contributed by atoms with Gasteiger partial charge in [0.1, 0.15) is 0 Å². The zero-order valence-corrected chi connectivity index (χ0v) is 18.3. The van der Waals surface area contributed by atoms with Crippen LogP contribution in [0.2, 0.25) is 0 Å². The first-order valence-electron chi connectivity index (χ1n) is 11.3. The number of amides is 1. The Hall–Kier alpha value is -2.43. The predicted octanol–water partition coefficient (Wildman–Crippen LogP) is 2.32. The van der Waals surface area contributed by atoms with Gasteiger partial charge >= 0.3 is 0 Å². The molecule has 2 spiro atoms. The van der Waals surface area contributed by atoms with E-state index in [4.69, 9.17) is 20.2 Å². The Morgan fingerprint density at radius 1 is 1.29 bits per heavy atom. The first-order chi connectivity index (χ1) is 14.9. The SMILES string of the molecule is CC1CC(C)CC2(Cc3ccc(C#N)cc3C23N=C(N)N(CC2COCCO2)C3=O)C1. The molecule has 4 atom stereocenters. The molecule has 0 bridgehead atoms. The Kier molecular flexibility index (Phi) is 4.83. The first kappa shape index (κ1) is 20.5. The van der Waals surface area contributed by atoms with E-state index < -0.39 is 5.54 Å². The van der Waals surface area contributed by atoms with E-state index in [0.717, 1.165) is 36.8 Å². The fourth-order valence-corrected chi connectivity index (χ4v) is 6.75. The molecule has 7 nitrogen and oxygen atoms in total. The number of nitrogens with two attached hydrogens (primary N) is 1. The second-order valence-electron chi connectivity index (χ2n) is 9.96. The molecule has 2 N–H and O–H groups in total. The molecule has 1 aromatic carbocycles. The minimum Gasteiger partial charge on any atom is -0.376 e. The van der Waals surface area contributed by atoms with E-state index in [-0.39, 0.29) is 23.4 Å². The average Bonchev–Trinajstić information content (AvgIpc) is 3.14. The normalized spacial score (nSPS) is 37.2. The molecule has 5 rings (SSSR count). The van der Waals surface area contributed by atoms with Gasteiger partial charge in [-0.05, 0) is 60.8 Å². The Morgan fingerprint density at radius 2 is 2.06 bits per heavy atom. The fourth-order valence-electron chi connectivity index (χ4n) is 6.75. The average molecular weight is 423 g/mol. The van der Waals surface area contributed by atoms with Crippen LogP contribution in [0.25, 0.3) is 0 Å². The van der Waals surface area contributed by atoms with Crippen molar-refractivity contribution in [3.8, 4) is 6.07 Å². The van der Waals surface area contributed by atoms with Crippen molar-refractivity contribution in [2.45, 2.75) is 51.2 Å². The van der Waals surface area contributed by atoms with Gasteiger partial charge in [0.25, 0.3) is 5.91 Å². The molecule has 4 aliphatic rings. The molecule has 4 unspecified atom stereocenters. The van der Waals surface area contributed by atoms with Gasteiger partial charge in [-0.3, -0.25) is 9.69 Å². The van der Waals surface area contributed by atoms with Gasteiger partial charge in [0.2, 0.25) is 0 Å². The summed E-state index contributed by atoms with van der Waals surface area (Å²) in [7, 11) is 0. The van der Waals surface area contributed by atoms with E-state index in [1.165, 1.54) is 0 Å². The van der Waals surface area contributed by atoms with Crippen molar-refractivity contribution in [3.05, 3.63) is 34.9 Å². The lowest BCUT2D eigenvalue weighted by Crippen LogP contribution is -2.54. The van der Waals surface area contributed by atoms with Gasteiger partial charge < -0.3 is 15.2 Å². The van der Waals surface area contributed by atoms with E-state index >= 15 is 0 Å². The number of aliphatic imine (C=N–C) groups is 1. The summed E-state index contributed by atoms with van der Waals surface area (Å²) in [5.74, 6) is 1.17. The highest BCUT2D eigenvalue weighted by Crippen LogP contribution is 2.63. The van der Waals surface area contributed by atoms with E-state index in [2.05, 4.69) is 19.9 Å². The third kappa shape index (κ3) is 3.00. The lowest BCUT2D eigenvalue weighted by atomic mass is 9.57. The molecule has 1 aromatic rings. The lowest BCUT2D eigenvalue weighted by Gasteiger charge is -2.47. The summed E-state index contributed by atoms with van der Waals surface area (Å²) in [6.45, 7) is 6.41. The van der Waals surface area contributed by atoms with Gasteiger partial charge in [-0.25, -0.2) is 4.99 Å². The summed E-state index contributed by atoms with van der Waals surface area (Å²) in [5.41, 5.74) is 7.58. The van der Waals surface area contributed by atoms with Gasteiger partial charge in [0.15, 0.2) is 11.5 Å². The zero-order chi connectivity index (χ0) is 21.8. The highest BCUT2D eigenvalue weighted by atomic mass is 16.6. The smallest absolute Gasteiger partial charge is 0.262 e. The Morgan fingerprint density at radius 3 is 2.74 bits per heavy atom. The molecular formula is C24H30N4O3. The molecule has 2 aliphatic heterocycles. The van der Waals surface area contributed by atoms with Crippen LogP contribution in [-0.2, 0) is 26.2 Å². The number of benzene rings is 1. The summed E-state index contributed by atoms with van der Waals surface area (Å²) in [6.07, 6.45) is 3.58. The number of rotatable bonds is 2. The molecular weight excluding hydrogens is 392 g/mol. The van der Waals surface area contributed by atoms with Crippen molar-refractivity contribution in [2.24, 2.45) is 28.0 Å². The van der Waals surface area contributed by atoms with Crippen LogP contribution in [0.1, 0.15) is 49.8 Å². The Labute approximate surface area is 183 Å². The van der Waals surface area contributed by atoms with Crippen molar-refractivity contribution in [1.29, 1.82) is 5.26 Å². The maximum Gasteiger partial charge on any atom is 0.262 e. The number of guanidine groups is 1. The van der Waals surface area contributed by atoms with Crippen molar-refractivity contribution in [1.82, 2.24) is 4.90 Å². The highest BCUT2D eigenvalue weighted by molar-refractivity contribution is 6.08. The summed E-state index contributed by atoms with van der Waals surface area (Å²) in [6, 6.07) is 7.96. The number of hydrogen-bond donors (Lipinski definition) is 1. The topological polar surface area (TPSA) is 101 Å². The minimum absolute atomic E-state index is 0.0747. The summed E-state index contributed by atoms with van der Waals surface area (Å²) >= 11 is 0. The molecule has 2 fully saturated rings. The maximum absolute atomic E-state index is 14.2. The number of nitrogens with zero attached hydrogens (tertiary/aromatic N) is 3. The molecule has 1 saturated heterocycles. The van der Waals surface area contributed by atoms with E-state index in [0.29, 0.717) is 43.8 Å². The molecule has 7 heteroatoms. The first-order valence-corrected chi connectivity index (χ1v) is 11.3. The predicted molar refractivity (Wildman–Crippen MR) is 115 cm³/mol. The Bertz CT molecular complexity index is 968.